The van der Waals surface area contributed by atoms with Gasteiger partial charge in [0.15, 0.2) is 6.10 Å². The van der Waals surface area contributed by atoms with Gasteiger partial charge >= 0.3 is 5.97 Å². The molecule has 2 aromatic rings. The van der Waals surface area contributed by atoms with Crippen LogP contribution in [0.15, 0.2) is 30.3 Å². The lowest BCUT2D eigenvalue weighted by atomic mass is 9.63. The average Bonchev–Trinajstić information content (AvgIpc) is 2.87. The van der Waals surface area contributed by atoms with Crippen molar-refractivity contribution in [3.63, 3.8) is 0 Å². The molecule has 1 aromatic carbocycles. The normalized spacial score (nSPS) is 21.7. The molecule has 2 aliphatic heterocycles. The molecule has 3 fully saturated rings. The molecule has 1 spiro atoms. The summed E-state index contributed by atoms with van der Waals surface area (Å²) in [6.45, 7) is 17.2. The molecule has 6 nitrogen and oxygen atoms in total. The molecule has 0 bridgehead atoms. The van der Waals surface area contributed by atoms with Crippen molar-refractivity contribution in [3.05, 3.63) is 47.3 Å². The number of nitrogens with zero attached hydrogens (tertiary/aromatic N) is 3. The Labute approximate surface area is 241 Å². The Bertz CT molecular complexity index is 1190. The van der Waals surface area contributed by atoms with E-state index in [-0.39, 0.29) is 5.41 Å². The van der Waals surface area contributed by atoms with Gasteiger partial charge in [0, 0.05) is 36.5 Å². The fraction of sp³-hybridized carbons (Fsp3) is 0.647. The van der Waals surface area contributed by atoms with Crippen molar-refractivity contribution in [2.45, 2.75) is 105 Å². The van der Waals surface area contributed by atoms with Crippen LogP contribution in [0.25, 0.3) is 11.1 Å². The first-order valence-electron chi connectivity index (χ1n) is 15.3. The van der Waals surface area contributed by atoms with Crippen molar-refractivity contribution >= 4 is 11.7 Å². The molecular weight excluding hydrogens is 498 g/mol. The van der Waals surface area contributed by atoms with E-state index in [1.807, 2.05) is 33.8 Å². The second-order valence-electron chi connectivity index (χ2n) is 14.4. The molecule has 0 amide bonds. The van der Waals surface area contributed by atoms with Gasteiger partial charge in [-0.15, -0.1) is 0 Å². The Morgan fingerprint density at radius 1 is 1.00 bits per heavy atom. The molecule has 1 aromatic heterocycles. The highest BCUT2D eigenvalue weighted by Crippen LogP contribution is 2.50. The van der Waals surface area contributed by atoms with E-state index in [2.05, 4.69) is 47.9 Å². The van der Waals surface area contributed by atoms with Crippen molar-refractivity contribution in [2.24, 2.45) is 10.8 Å². The summed E-state index contributed by atoms with van der Waals surface area (Å²) < 4.78 is 6.28. The van der Waals surface area contributed by atoms with E-state index in [4.69, 9.17) is 9.72 Å². The summed E-state index contributed by atoms with van der Waals surface area (Å²) >= 11 is 0. The largest absolute Gasteiger partial charge is 0.479 e. The van der Waals surface area contributed by atoms with E-state index in [0.29, 0.717) is 11.0 Å². The summed E-state index contributed by atoms with van der Waals surface area (Å²) in [5.74, 6) is -0.966. The third-order valence-electron chi connectivity index (χ3n) is 9.63. The summed E-state index contributed by atoms with van der Waals surface area (Å²) in [6, 6.07) is 10.5. The number of benzene rings is 1. The van der Waals surface area contributed by atoms with Crippen LogP contribution >= 0.6 is 0 Å². The lowest BCUT2D eigenvalue weighted by Crippen LogP contribution is -2.43. The van der Waals surface area contributed by atoms with Crippen LogP contribution in [0.1, 0.15) is 103 Å². The number of aryl methyl sites for hydroxylation is 1. The summed E-state index contributed by atoms with van der Waals surface area (Å²) in [4.78, 5) is 23.1. The van der Waals surface area contributed by atoms with Crippen LogP contribution in [-0.2, 0) is 16.1 Å². The molecular formula is C34H49N3O3. The van der Waals surface area contributed by atoms with Gasteiger partial charge in [-0.2, -0.15) is 0 Å². The van der Waals surface area contributed by atoms with Gasteiger partial charge in [-0.1, -0.05) is 50.6 Å². The lowest BCUT2D eigenvalue weighted by Gasteiger charge is -2.48. The smallest absolute Gasteiger partial charge is 0.337 e. The molecule has 218 valence electrons. The Balaban J connectivity index is 1.65. The van der Waals surface area contributed by atoms with Gasteiger partial charge in [0.2, 0.25) is 0 Å². The minimum absolute atomic E-state index is 0.272. The minimum Gasteiger partial charge on any atom is -0.479 e. The van der Waals surface area contributed by atoms with Crippen LogP contribution in [0.2, 0.25) is 0 Å². The van der Waals surface area contributed by atoms with E-state index >= 15 is 0 Å². The van der Waals surface area contributed by atoms with Gasteiger partial charge in [0.05, 0.1) is 17.0 Å². The second kappa shape index (κ2) is 11.1. The fourth-order valence-electron chi connectivity index (χ4n) is 6.92. The Morgan fingerprint density at radius 2 is 1.62 bits per heavy atom. The maximum atomic E-state index is 12.8. The molecule has 2 saturated heterocycles. The van der Waals surface area contributed by atoms with Gasteiger partial charge < -0.3 is 14.7 Å². The molecule has 0 radical (unpaired) electrons. The number of carboxylic acids is 1. The number of ether oxygens (including phenoxy) is 1. The summed E-state index contributed by atoms with van der Waals surface area (Å²) in [7, 11) is 0. The number of carbonyl (C=O) groups is 1. The van der Waals surface area contributed by atoms with Gasteiger partial charge in [0.25, 0.3) is 0 Å². The first-order chi connectivity index (χ1) is 18.9. The summed E-state index contributed by atoms with van der Waals surface area (Å²) in [5.41, 5.74) is 5.95. The molecule has 6 heteroatoms. The number of pyridine rings is 1. The zero-order valence-electron chi connectivity index (χ0n) is 25.6. The quantitative estimate of drug-likeness (QED) is 0.390. The number of likely N-dealkylation sites (tertiary alicyclic amines) is 1. The van der Waals surface area contributed by atoms with Crippen LogP contribution in [0.5, 0.6) is 0 Å². The average molecular weight is 548 g/mol. The zero-order chi connectivity index (χ0) is 28.7. The van der Waals surface area contributed by atoms with Gasteiger partial charge in [-0.25, -0.2) is 4.79 Å². The number of carboxylic acid groups (broad SMARTS) is 1. The first-order valence-corrected chi connectivity index (χ1v) is 15.3. The predicted octanol–water partition coefficient (Wildman–Crippen LogP) is 7.39. The fourth-order valence-corrected chi connectivity index (χ4v) is 6.92. The van der Waals surface area contributed by atoms with Crippen LogP contribution in [0.4, 0.5) is 5.69 Å². The van der Waals surface area contributed by atoms with Gasteiger partial charge in [-0.05, 0) is 95.7 Å². The number of anilines is 1. The number of piperidine rings is 2. The molecule has 1 aliphatic carbocycles. The third kappa shape index (κ3) is 6.23. The standard InChI is InChI=1S/C34H49N3O3/c1-24-27(30(31(38)39)40-32(2,3)4)29(37-21-15-33(5,6)16-22-37)28(25-11-8-7-9-12-25)26(35-24)23-36-19-17-34(18-20-36)13-10-14-34/h7-9,11-12,30H,10,13-23H2,1-6H3,(H,38,39). The Hall–Kier alpha value is -2.44. The van der Waals surface area contributed by atoms with Crippen molar-refractivity contribution in [1.29, 1.82) is 0 Å². The van der Waals surface area contributed by atoms with Gasteiger partial charge in [-0.3, -0.25) is 9.88 Å². The lowest BCUT2D eigenvalue weighted by molar-refractivity contribution is -0.160. The molecule has 5 rings (SSSR count). The van der Waals surface area contributed by atoms with Crippen LogP contribution in [0, 0.1) is 17.8 Å². The maximum Gasteiger partial charge on any atom is 0.337 e. The first kappa shape index (κ1) is 29.1. The Kier molecular flexibility index (Phi) is 8.06. The van der Waals surface area contributed by atoms with E-state index in [0.717, 1.165) is 73.8 Å². The molecule has 1 N–H and O–H groups in total. The van der Waals surface area contributed by atoms with Crippen LogP contribution in [0.3, 0.4) is 0 Å². The van der Waals surface area contributed by atoms with Gasteiger partial charge in [0.1, 0.15) is 0 Å². The second-order valence-corrected chi connectivity index (χ2v) is 14.4. The topological polar surface area (TPSA) is 65.9 Å². The minimum atomic E-state index is -1.09. The molecule has 3 heterocycles. The molecule has 1 atom stereocenters. The number of hydrogen-bond donors (Lipinski definition) is 1. The van der Waals surface area contributed by atoms with Crippen molar-refractivity contribution in [3.8, 4) is 11.1 Å². The highest BCUT2D eigenvalue weighted by molar-refractivity contribution is 5.88. The molecule has 40 heavy (non-hydrogen) atoms. The SMILES string of the molecule is Cc1nc(CN2CCC3(CCC3)CC2)c(-c2ccccc2)c(N2CCC(C)(C)CC2)c1C(OC(C)(C)C)C(=O)O. The highest BCUT2D eigenvalue weighted by atomic mass is 16.5. The number of aromatic nitrogens is 1. The zero-order valence-corrected chi connectivity index (χ0v) is 25.6. The number of aliphatic carboxylic acids is 1. The number of rotatable bonds is 7. The maximum absolute atomic E-state index is 12.8. The van der Waals surface area contributed by atoms with Crippen molar-refractivity contribution < 1.29 is 14.6 Å². The number of hydrogen-bond acceptors (Lipinski definition) is 5. The third-order valence-corrected chi connectivity index (χ3v) is 9.63. The highest BCUT2D eigenvalue weighted by Gasteiger charge is 2.40. The van der Waals surface area contributed by atoms with Crippen LogP contribution in [-0.4, -0.2) is 52.7 Å². The summed E-state index contributed by atoms with van der Waals surface area (Å²) in [6.07, 6.45) is 7.75. The molecule has 1 saturated carbocycles. The van der Waals surface area contributed by atoms with Crippen molar-refractivity contribution in [2.75, 3.05) is 31.1 Å². The summed E-state index contributed by atoms with van der Waals surface area (Å²) in [5, 5.41) is 10.5. The molecule has 1 unspecified atom stereocenters. The van der Waals surface area contributed by atoms with Crippen LogP contribution < -0.4 is 4.90 Å². The molecule has 3 aliphatic rings. The van der Waals surface area contributed by atoms with E-state index in [9.17, 15) is 9.90 Å². The predicted molar refractivity (Wildman–Crippen MR) is 162 cm³/mol. The van der Waals surface area contributed by atoms with E-state index < -0.39 is 17.7 Å². The van der Waals surface area contributed by atoms with Crippen molar-refractivity contribution in [1.82, 2.24) is 9.88 Å². The Morgan fingerprint density at radius 3 is 2.15 bits per heavy atom. The monoisotopic (exact) mass is 547 g/mol. The van der Waals surface area contributed by atoms with E-state index in [1.165, 1.54) is 32.1 Å². The van der Waals surface area contributed by atoms with E-state index in [1.54, 1.807) is 0 Å².